The Morgan fingerprint density at radius 3 is 1.64 bits per heavy atom. The lowest BCUT2D eigenvalue weighted by Crippen LogP contribution is -2.13. The summed E-state index contributed by atoms with van der Waals surface area (Å²) in [6, 6.07) is 3.77. The minimum atomic E-state index is 0.284. The lowest BCUT2D eigenvalue weighted by Gasteiger charge is -2.14. The van der Waals surface area contributed by atoms with Crippen LogP contribution in [0.2, 0.25) is 0 Å². The van der Waals surface area contributed by atoms with E-state index in [1.165, 1.54) is 0 Å². The highest BCUT2D eigenvalue weighted by Crippen LogP contribution is 2.22. The van der Waals surface area contributed by atoms with Crippen LogP contribution in [-0.4, -0.2) is 39.0 Å². The zero-order valence-electron chi connectivity index (χ0n) is 16.4. The van der Waals surface area contributed by atoms with Gasteiger partial charge in [-0.05, 0) is 24.0 Å². The van der Waals surface area contributed by atoms with Crippen molar-refractivity contribution in [2.45, 2.75) is 39.5 Å². The van der Waals surface area contributed by atoms with Crippen LogP contribution in [0.25, 0.3) is 23.3 Å². The molecule has 0 fully saturated rings. The molecule has 0 saturated heterocycles. The SMILES string of the molecule is CC(C)c1cncn1-c1nc(-c2ccncc2)nc(-n2cncc2C(C)C)n1. The standard InChI is InChI=1S/C20H22N8/c1-13(2)16-9-22-11-27(16)19-24-18(15-5-7-21-8-6-15)25-20(26-19)28-12-23-10-17(28)14(3)4/h5-14H,1-4H3. The third-order valence-electron chi connectivity index (χ3n) is 4.50. The number of pyridine rings is 1. The quantitative estimate of drug-likeness (QED) is 0.531. The average Bonchev–Trinajstić information content (AvgIpc) is 3.38. The van der Waals surface area contributed by atoms with Crippen LogP contribution in [0.15, 0.2) is 49.6 Å². The first kappa shape index (κ1) is 18.0. The molecule has 8 heteroatoms. The summed E-state index contributed by atoms with van der Waals surface area (Å²) in [5, 5.41) is 0. The topological polar surface area (TPSA) is 87.2 Å². The maximum atomic E-state index is 4.74. The van der Waals surface area contributed by atoms with Crippen molar-refractivity contribution in [3.8, 4) is 23.3 Å². The van der Waals surface area contributed by atoms with Crippen molar-refractivity contribution < 1.29 is 0 Å². The normalized spacial score (nSPS) is 11.5. The van der Waals surface area contributed by atoms with Gasteiger partial charge in [0, 0.05) is 41.7 Å². The number of nitrogens with zero attached hydrogens (tertiary/aromatic N) is 8. The van der Waals surface area contributed by atoms with Gasteiger partial charge in [-0.3, -0.25) is 14.1 Å². The largest absolute Gasteiger partial charge is 0.271 e. The maximum Gasteiger partial charge on any atom is 0.240 e. The van der Waals surface area contributed by atoms with Gasteiger partial charge >= 0.3 is 0 Å². The number of hydrogen-bond acceptors (Lipinski definition) is 6. The van der Waals surface area contributed by atoms with Crippen molar-refractivity contribution in [3.05, 3.63) is 61.0 Å². The zero-order chi connectivity index (χ0) is 19.7. The second-order valence-corrected chi connectivity index (χ2v) is 7.18. The Bertz CT molecular complexity index is 1010. The molecule has 0 N–H and O–H groups in total. The Kier molecular flexibility index (Phi) is 4.68. The average molecular weight is 374 g/mol. The van der Waals surface area contributed by atoms with E-state index in [0.29, 0.717) is 17.7 Å². The van der Waals surface area contributed by atoms with Gasteiger partial charge < -0.3 is 0 Å². The second kappa shape index (κ2) is 7.30. The monoisotopic (exact) mass is 374 g/mol. The van der Waals surface area contributed by atoms with Crippen molar-refractivity contribution in [3.63, 3.8) is 0 Å². The predicted octanol–water partition coefficient (Wildman–Crippen LogP) is 3.55. The van der Waals surface area contributed by atoms with Gasteiger partial charge in [-0.2, -0.15) is 15.0 Å². The smallest absolute Gasteiger partial charge is 0.240 e. The van der Waals surface area contributed by atoms with E-state index in [4.69, 9.17) is 15.0 Å². The molecule has 4 heterocycles. The molecule has 0 aromatic carbocycles. The summed E-state index contributed by atoms with van der Waals surface area (Å²) in [5.41, 5.74) is 2.94. The Morgan fingerprint density at radius 2 is 1.18 bits per heavy atom. The first-order valence-electron chi connectivity index (χ1n) is 9.26. The number of rotatable bonds is 5. The van der Waals surface area contributed by atoms with Crippen LogP contribution in [0.4, 0.5) is 0 Å². The summed E-state index contributed by atoms with van der Waals surface area (Å²) in [6.07, 6.45) is 10.6. The van der Waals surface area contributed by atoms with E-state index >= 15 is 0 Å². The fourth-order valence-electron chi connectivity index (χ4n) is 3.00. The van der Waals surface area contributed by atoms with Gasteiger partial charge in [0.15, 0.2) is 5.82 Å². The van der Waals surface area contributed by atoms with E-state index in [2.05, 4.69) is 42.6 Å². The van der Waals surface area contributed by atoms with E-state index in [1.807, 2.05) is 33.7 Å². The molecule has 0 unspecified atom stereocenters. The van der Waals surface area contributed by atoms with E-state index in [1.54, 1.807) is 25.0 Å². The van der Waals surface area contributed by atoms with Crippen LogP contribution in [0.3, 0.4) is 0 Å². The minimum Gasteiger partial charge on any atom is -0.271 e. The molecule has 4 aromatic heterocycles. The summed E-state index contributed by atoms with van der Waals surface area (Å²) in [7, 11) is 0. The van der Waals surface area contributed by atoms with Crippen LogP contribution < -0.4 is 0 Å². The van der Waals surface area contributed by atoms with Crippen LogP contribution >= 0.6 is 0 Å². The highest BCUT2D eigenvalue weighted by molar-refractivity contribution is 5.55. The summed E-state index contributed by atoms with van der Waals surface area (Å²) in [4.78, 5) is 26.8. The number of hydrogen-bond donors (Lipinski definition) is 0. The van der Waals surface area contributed by atoms with Crippen molar-refractivity contribution in [1.29, 1.82) is 0 Å². The van der Waals surface area contributed by atoms with Crippen LogP contribution in [-0.2, 0) is 0 Å². The van der Waals surface area contributed by atoms with Crippen LogP contribution in [0.5, 0.6) is 0 Å². The fourth-order valence-corrected chi connectivity index (χ4v) is 3.00. The van der Waals surface area contributed by atoms with Crippen molar-refractivity contribution in [1.82, 2.24) is 39.0 Å². The molecule has 0 saturated carbocycles. The molecule has 0 amide bonds. The number of imidazole rings is 2. The van der Waals surface area contributed by atoms with Crippen molar-refractivity contribution in [2.24, 2.45) is 0 Å². The molecule has 0 aliphatic rings. The van der Waals surface area contributed by atoms with Crippen LogP contribution in [0.1, 0.15) is 50.9 Å². The molecule has 0 radical (unpaired) electrons. The molecule has 0 aliphatic heterocycles. The molecular weight excluding hydrogens is 352 g/mol. The molecule has 0 aliphatic carbocycles. The van der Waals surface area contributed by atoms with E-state index in [0.717, 1.165) is 17.0 Å². The first-order valence-corrected chi connectivity index (χ1v) is 9.26. The molecule has 8 nitrogen and oxygen atoms in total. The minimum absolute atomic E-state index is 0.284. The van der Waals surface area contributed by atoms with Gasteiger partial charge in [-0.15, -0.1) is 0 Å². The summed E-state index contributed by atoms with van der Waals surface area (Å²) in [6.45, 7) is 8.47. The summed E-state index contributed by atoms with van der Waals surface area (Å²) >= 11 is 0. The third-order valence-corrected chi connectivity index (χ3v) is 4.50. The number of aromatic nitrogens is 8. The molecule has 28 heavy (non-hydrogen) atoms. The van der Waals surface area contributed by atoms with Gasteiger partial charge in [0.05, 0.1) is 0 Å². The maximum absolute atomic E-state index is 4.74. The highest BCUT2D eigenvalue weighted by atomic mass is 15.3. The van der Waals surface area contributed by atoms with Gasteiger partial charge in [0.25, 0.3) is 0 Å². The first-order chi connectivity index (χ1) is 13.5. The Labute approximate surface area is 163 Å². The highest BCUT2D eigenvalue weighted by Gasteiger charge is 2.17. The second-order valence-electron chi connectivity index (χ2n) is 7.18. The Balaban J connectivity index is 1.94. The third kappa shape index (κ3) is 3.28. The molecule has 142 valence electrons. The zero-order valence-corrected chi connectivity index (χ0v) is 16.4. The van der Waals surface area contributed by atoms with Crippen molar-refractivity contribution >= 4 is 0 Å². The van der Waals surface area contributed by atoms with Gasteiger partial charge in [0.2, 0.25) is 11.9 Å². The van der Waals surface area contributed by atoms with E-state index in [9.17, 15) is 0 Å². The molecule has 4 rings (SSSR count). The van der Waals surface area contributed by atoms with Gasteiger partial charge in [0.1, 0.15) is 12.7 Å². The molecule has 0 spiro atoms. The molecule has 0 bridgehead atoms. The summed E-state index contributed by atoms with van der Waals surface area (Å²) < 4.78 is 3.82. The van der Waals surface area contributed by atoms with Crippen LogP contribution in [0, 0.1) is 0 Å². The predicted molar refractivity (Wildman–Crippen MR) is 105 cm³/mol. The molecule has 0 atom stereocenters. The summed E-state index contributed by atoms with van der Waals surface area (Å²) in [5.74, 6) is 2.20. The lowest BCUT2D eigenvalue weighted by molar-refractivity contribution is 0.732. The lowest BCUT2D eigenvalue weighted by atomic mass is 10.1. The van der Waals surface area contributed by atoms with Gasteiger partial charge in [-0.25, -0.2) is 9.97 Å². The van der Waals surface area contributed by atoms with E-state index in [-0.39, 0.29) is 11.8 Å². The molecular formula is C20H22N8. The molecule has 4 aromatic rings. The van der Waals surface area contributed by atoms with E-state index < -0.39 is 0 Å². The Hall–Kier alpha value is -3.42. The fraction of sp³-hybridized carbons (Fsp3) is 0.300. The van der Waals surface area contributed by atoms with Crippen molar-refractivity contribution in [2.75, 3.05) is 0 Å². The Morgan fingerprint density at radius 1 is 0.679 bits per heavy atom. The van der Waals surface area contributed by atoms with Gasteiger partial charge in [-0.1, -0.05) is 27.7 Å².